The second-order valence-electron chi connectivity index (χ2n) is 6.56. The summed E-state index contributed by atoms with van der Waals surface area (Å²) >= 11 is 0. The van der Waals surface area contributed by atoms with Gasteiger partial charge >= 0.3 is 0 Å². The number of benzene rings is 2. The van der Waals surface area contributed by atoms with Gasteiger partial charge in [0.05, 0.1) is 0 Å². The molecular formula is C22H24O2. The Morgan fingerprint density at radius 1 is 0.833 bits per heavy atom. The van der Waals surface area contributed by atoms with Gasteiger partial charge in [-0.3, -0.25) is 0 Å². The zero-order valence-electron chi connectivity index (χ0n) is 14.8. The molecule has 24 heavy (non-hydrogen) atoms. The standard InChI is InChI=1S/C22H24O2/c1-15-8-10-21(12-17(15)3)23-19-6-5-7-20(14-19)24-22-11-9-16(2)18(4)13-22/h5-8,10-14,16H,9H2,1-4H3. The third-order valence-electron chi connectivity index (χ3n) is 4.58. The van der Waals surface area contributed by atoms with E-state index in [1.165, 1.54) is 16.7 Å². The van der Waals surface area contributed by atoms with E-state index in [1.54, 1.807) is 0 Å². The number of rotatable bonds is 4. The molecule has 1 unspecified atom stereocenters. The average molecular weight is 320 g/mol. The molecule has 0 bridgehead atoms. The summed E-state index contributed by atoms with van der Waals surface area (Å²) in [7, 11) is 0. The van der Waals surface area contributed by atoms with Crippen molar-refractivity contribution < 1.29 is 9.47 Å². The van der Waals surface area contributed by atoms with Crippen LogP contribution in [0.15, 0.2) is 65.9 Å². The van der Waals surface area contributed by atoms with Crippen LogP contribution in [0.4, 0.5) is 0 Å². The number of ether oxygens (including phenoxy) is 2. The summed E-state index contributed by atoms with van der Waals surface area (Å²) in [5, 5.41) is 0. The highest BCUT2D eigenvalue weighted by Crippen LogP contribution is 2.29. The summed E-state index contributed by atoms with van der Waals surface area (Å²) in [6, 6.07) is 13.9. The molecule has 1 atom stereocenters. The summed E-state index contributed by atoms with van der Waals surface area (Å²) in [6.45, 7) is 8.58. The van der Waals surface area contributed by atoms with Gasteiger partial charge < -0.3 is 9.47 Å². The lowest BCUT2D eigenvalue weighted by atomic mass is 9.94. The first-order chi connectivity index (χ1) is 11.5. The van der Waals surface area contributed by atoms with Crippen molar-refractivity contribution in [3.8, 4) is 17.2 Å². The molecule has 0 radical (unpaired) electrons. The molecular weight excluding hydrogens is 296 g/mol. The Balaban J connectivity index is 1.73. The van der Waals surface area contributed by atoms with E-state index < -0.39 is 0 Å². The van der Waals surface area contributed by atoms with E-state index in [0.29, 0.717) is 5.92 Å². The van der Waals surface area contributed by atoms with Crippen molar-refractivity contribution in [2.45, 2.75) is 34.1 Å². The molecule has 0 saturated heterocycles. The summed E-state index contributed by atoms with van der Waals surface area (Å²) in [6.07, 6.45) is 5.29. The normalized spacial score (nSPS) is 17.1. The maximum absolute atomic E-state index is 6.00. The summed E-state index contributed by atoms with van der Waals surface area (Å²) < 4.78 is 12.0. The smallest absolute Gasteiger partial charge is 0.131 e. The molecule has 1 aliphatic carbocycles. The zero-order chi connectivity index (χ0) is 17.1. The molecule has 3 rings (SSSR count). The van der Waals surface area contributed by atoms with Crippen LogP contribution in [0.2, 0.25) is 0 Å². The molecule has 0 N–H and O–H groups in total. The minimum Gasteiger partial charge on any atom is -0.458 e. The van der Waals surface area contributed by atoms with Crippen molar-refractivity contribution in [2.24, 2.45) is 5.92 Å². The van der Waals surface area contributed by atoms with E-state index >= 15 is 0 Å². The molecule has 0 spiro atoms. The van der Waals surface area contributed by atoms with E-state index in [4.69, 9.17) is 9.47 Å². The fourth-order valence-electron chi connectivity index (χ4n) is 2.63. The van der Waals surface area contributed by atoms with Gasteiger partial charge in [-0.05, 0) is 80.7 Å². The van der Waals surface area contributed by atoms with Crippen LogP contribution in [-0.2, 0) is 0 Å². The maximum atomic E-state index is 6.00. The van der Waals surface area contributed by atoms with E-state index in [2.05, 4.69) is 52.0 Å². The number of aryl methyl sites for hydroxylation is 2. The highest BCUT2D eigenvalue weighted by atomic mass is 16.5. The number of hydrogen-bond donors (Lipinski definition) is 0. The molecule has 124 valence electrons. The first-order valence-corrected chi connectivity index (χ1v) is 8.42. The third kappa shape index (κ3) is 3.88. The lowest BCUT2D eigenvalue weighted by Crippen LogP contribution is -2.04. The predicted molar refractivity (Wildman–Crippen MR) is 98.7 cm³/mol. The van der Waals surface area contributed by atoms with Gasteiger partial charge in [0.1, 0.15) is 23.0 Å². The van der Waals surface area contributed by atoms with E-state index in [1.807, 2.05) is 30.3 Å². The Morgan fingerprint density at radius 2 is 1.54 bits per heavy atom. The van der Waals surface area contributed by atoms with Crippen LogP contribution in [0.1, 0.15) is 31.4 Å². The van der Waals surface area contributed by atoms with Crippen molar-refractivity contribution in [3.05, 3.63) is 77.1 Å². The van der Waals surface area contributed by atoms with Crippen molar-refractivity contribution in [1.82, 2.24) is 0 Å². The minimum atomic E-state index is 0.594. The predicted octanol–water partition coefficient (Wildman–Crippen LogP) is 6.34. The van der Waals surface area contributed by atoms with Crippen LogP contribution in [0.25, 0.3) is 0 Å². The Bertz CT molecular complexity index is 799. The molecule has 0 heterocycles. The molecule has 0 amide bonds. The van der Waals surface area contributed by atoms with Crippen LogP contribution >= 0.6 is 0 Å². The van der Waals surface area contributed by atoms with Gasteiger partial charge in [-0.25, -0.2) is 0 Å². The molecule has 1 aliphatic rings. The van der Waals surface area contributed by atoms with Crippen molar-refractivity contribution in [2.75, 3.05) is 0 Å². The Kier molecular flexibility index (Phi) is 4.75. The monoisotopic (exact) mass is 320 g/mol. The molecule has 2 aromatic carbocycles. The van der Waals surface area contributed by atoms with Crippen LogP contribution in [0, 0.1) is 19.8 Å². The van der Waals surface area contributed by atoms with Crippen molar-refractivity contribution >= 4 is 0 Å². The largest absolute Gasteiger partial charge is 0.458 e. The Hall–Kier alpha value is -2.48. The van der Waals surface area contributed by atoms with Gasteiger partial charge in [-0.1, -0.05) is 24.6 Å². The Morgan fingerprint density at radius 3 is 2.25 bits per heavy atom. The lowest BCUT2D eigenvalue weighted by molar-refractivity contribution is 0.425. The lowest BCUT2D eigenvalue weighted by Gasteiger charge is -2.18. The number of hydrogen-bond acceptors (Lipinski definition) is 2. The second-order valence-corrected chi connectivity index (χ2v) is 6.56. The highest BCUT2D eigenvalue weighted by molar-refractivity contribution is 5.41. The Labute approximate surface area is 144 Å². The highest BCUT2D eigenvalue weighted by Gasteiger charge is 2.11. The maximum Gasteiger partial charge on any atom is 0.131 e. The topological polar surface area (TPSA) is 18.5 Å². The summed E-state index contributed by atoms with van der Waals surface area (Å²) in [4.78, 5) is 0. The van der Waals surface area contributed by atoms with E-state index in [0.717, 1.165) is 29.4 Å². The van der Waals surface area contributed by atoms with Crippen LogP contribution in [-0.4, -0.2) is 0 Å². The van der Waals surface area contributed by atoms with Crippen LogP contribution in [0.3, 0.4) is 0 Å². The summed E-state index contributed by atoms with van der Waals surface area (Å²) in [5.74, 6) is 3.92. The van der Waals surface area contributed by atoms with Gasteiger partial charge in [-0.15, -0.1) is 0 Å². The quantitative estimate of drug-likeness (QED) is 0.654. The second kappa shape index (κ2) is 6.96. The third-order valence-corrected chi connectivity index (χ3v) is 4.58. The molecule has 0 saturated carbocycles. The first kappa shape index (κ1) is 16.4. The molecule has 0 aromatic heterocycles. The van der Waals surface area contributed by atoms with Gasteiger partial charge in [0.2, 0.25) is 0 Å². The van der Waals surface area contributed by atoms with Crippen LogP contribution in [0.5, 0.6) is 17.2 Å². The van der Waals surface area contributed by atoms with Gasteiger partial charge in [0.25, 0.3) is 0 Å². The molecule has 2 heteroatoms. The summed E-state index contributed by atoms with van der Waals surface area (Å²) in [5.41, 5.74) is 3.84. The molecule has 0 fully saturated rings. The SMILES string of the molecule is CC1=CC(Oc2cccc(Oc3ccc(C)c(C)c3)c2)=CCC1C. The zero-order valence-corrected chi connectivity index (χ0v) is 14.8. The molecule has 2 aromatic rings. The average Bonchev–Trinajstić information content (AvgIpc) is 2.55. The van der Waals surface area contributed by atoms with E-state index in [-0.39, 0.29) is 0 Å². The van der Waals surface area contributed by atoms with Crippen molar-refractivity contribution in [3.63, 3.8) is 0 Å². The van der Waals surface area contributed by atoms with Gasteiger partial charge in [-0.2, -0.15) is 0 Å². The van der Waals surface area contributed by atoms with Gasteiger partial charge in [0.15, 0.2) is 0 Å². The fraction of sp³-hybridized carbons (Fsp3) is 0.273. The number of allylic oxidation sites excluding steroid dienone is 3. The van der Waals surface area contributed by atoms with Crippen LogP contribution < -0.4 is 9.47 Å². The minimum absolute atomic E-state index is 0.594. The van der Waals surface area contributed by atoms with E-state index in [9.17, 15) is 0 Å². The first-order valence-electron chi connectivity index (χ1n) is 8.42. The molecule has 0 aliphatic heterocycles. The fourth-order valence-corrected chi connectivity index (χ4v) is 2.63. The van der Waals surface area contributed by atoms with Crippen molar-refractivity contribution in [1.29, 1.82) is 0 Å². The van der Waals surface area contributed by atoms with Gasteiger partial charge in [0, 0.05) is 6.07 Å². The molecule has 2 nitrogen and oxygen atoms in total.